The first-order chi connectivity index (χ1) is 9.18. The van der Waals surface area contributed by atoms with Crippen molar-refractivity contribution in [1.29, 1.82) is 0 Å². The molecule has 0 unspecified atom stereocenters. The van der Waals surface area contributed by atoms with Crippen LogP contribution in [0.5, 0.6) is 0 Å². The SMILES string of the molecule is CC(C)NC(=O)NC(=O)CSc1n[nH]c(C(C)(C)C)n1. The molecule has 20 heavy (non-hydrogen) atoms. The fraction of sp³-hybridized carbons (Fsp3) is 0.667. The summed E-state index contributed by atoms with van der Waals surface area (Å²) < 4.78 is 0. The number of urea groups is 1. The molecule has 1 aromatic rings. The van der Waals surface area contributed by atoms with Gasteiger partial charge in [-0.3, -0.25) is 15.2 Å². The van der Waals surface area contributed by atoms with Crippen LogP contribution in [0.2, 0.25) is 0 Å². The second-order valence-electron chi connectivity index (χ2n) is 5.68. The third-order valence-electron chi connectivity index (χ3n) is 2.18. The van der Waals surface area contributed by atoms with E-state index in [1.54, 1.807) is 0 Å². The number of nitrogens with zero attached hydrogens (tertiary/aromatic N) is 2. The first-order valence-electron chi connectivity index (χ1n) is 6.34. The average molecular weight is 299 g/mol. The van der Waals surface area contributed by atoms with Gasteiger partial charge in [0.15, 0.2) is 0 Å². The van der Waals surface area contributed by atoms with E-state index in [1.165, 1.54) is 11.8 Å². The number of aromatic nitrogens is 3. The Labute approximate surface area is 122 Å². The van der Waals surface area contributed by atoms with Crippen LogP contribution in [-0.4, -0.2) is 38.9 Å². The lowest BCUT2D eigenvalue weighted by Gasteiger charge is -2.12. The Morgan fingerprint density at radius 1 is 1.35 bits per heavy atom. The van der Waals surface area contributed by atoms with Crippen molar-refractivity contribution >= 4 is 23.7 Å². The molecule has 0 aromatic carbocycles. The molecule has 0 atom stereocenters. The van der Waals surface area contributed by atoms with Crippen molar-refractivity contribution in [1.82, 2.24) is 25.8 Å². The third-order valence-corrected chi connectivity index (χ3v) is 3.03. The van der Waals surface area contributed by atoms with E-state index in [2.05, 4.69) is 25.8 Å². The number of thioether (sulfide) groups is 1. The molecule has 1 rings (SSSR count). The van der Waals surface area contributed by atoms with Crippen LogP contribution in [0.15, 0.2) is 5.16 Å². The Morgan fingerprint density at radius 3 is 2.50 bits per heavy atom. The second kappa shape index (κ2) is 6.74. The van der Waals surface area contributed by atoms with Crippen molar-refractivity contribution in [3.8, 4) is 0 Å². The molecule has 112 valence electrons. The van der Waals surface area contributed by atoms with Gasteiger partial charge in [0.25, 0.3) is 0 Å². The zero-order valence-electron chi connectivity index (χ0n) is 12.4. The van der Waals surface area contributed by atoms with Crippen LogP contribution in [0.1, 0.15) is 40.4 Å². The van der Waals surface area contributed by atoms with Gasteiger partial charge in [-0.25, -0.2) is 9.78 Å². The number of amides is 3. The van der Waals surface area contributed by atoms with E-state index in [0.717, 1.165) is 5.82 Å². The third kappa shape index (κ3) is 5.60. The quantitative estimate of drug-likeness (QED) is 0.730. The summed E-state index contributed by atoms with van der Waals surface area (Å²) >= 11 is 1.18. The largest absolute Gasteiger partial charge is 0.336 e. The Bertz CT molecular complexity index is 478. The minimum Gasteiger partial charge on any atom is -0.336 e. The minimum atomic E-state index is -0.490. The standard InChI is InChI=1S/C12H21N5O2S/c1-7(2)13-10(19)14-8(18)6-20-11-15-9(16-17-11)12(3,4)5/h7H,6H2,1-5H3,(H,15,16,17)(H2,13,14,18,19). The number of aromatic amines is 1. The van der Waals surface area contributed by atoms with E-state index in [4.69, 9.17) is 0 Å². The van der Waals surface area contributed by atoms with Crippen LogP contribution >= 0.6 is 11.8 Å². The fourth-order valence-electron chi connectivity index (χ4n) is 1.24. The lowest BCUT2D eigenvalue weighted by molar-refractivity contribution is -0.117. The molecule has 1 aromatic heterocycles. The molecule has 0 aliphatic carbocycles. The van der Waals surface area contributed by atoms with Gasteiger partial charge in [-0.2, -0.15) is 0 Å². The van der Waals surface area contributed by atoms with E-state index >= 15 is 0 Å². The molecule has 7 nitrogen and oxygen atoms in total. The monoisotopic (exact) mass is 299 g/mol. The van der Waals surface area contributed by atoms with Crippen molar-refractivity contribution in [3.63, 3.8) is 0 Å². The summed E-state index contributed by atoms with van der Waals surface area (Å²) in [6.45, 7) is 9.70. The van der Waals surface area contributed by atoms with Crippen LogP contribution in [0.25, 0.3) is 0 Å². The molecule has 3 amide bonds. The summed E-state index contributed by atoms with van der Waals surface area (Å²) in [5.74, 6) is 0.473. The minimum absolute atomic E-state index is 0.0159. The first-order valence-corrected chi connectivity index (χ1v) is 7.33. The molecule has 1 heterocycles. The molecule has 0 radical (unpaired) electrons. The highest BCUT2D eigenvalue weighted by molar-refractivity contribution is 7.99. The maximum atomic E-state index is 11.6. The van der Waals surface area contributed by atoms with Crippen LogP contribution in [0.4, 0.5) is 4.79 Å². The molecule has 0 aliphatic heterocycles. The van der Waals surface area contributed by atoms with Crippen molar-refractivity contribution in [3.05, 3.63) is 5.82 Å². The van der Waals surface area contributed by atoms with E-state index in [9.17, 15) is 9.59 Å². The molecule has 3 N–H and O–H groups in total. The Morgan fingerprint density at radius 2 is 2.00 bits per heavy atom. The maximum absolute atomic E-state index is 11.6. The second-order valence-corrected chi connectivity index (χ2v) is 6.62. The molecule has 0 bridgehead atoms. The van der Waals surface area contributed by atoms with Crippen molar-refractivity contribution in [2.24, 2.45) is 0 Å². The highest BCUT2D eigenvalue weighted by atomic mass is 32.2. The van der Waals surface area contributed by atoms with Crippen LogP contribution < -0.4 is 10.6 Å². The van der Waals surface area contributed by atoms with E-state index in [1.807, 2.05) is 34.6 Å². The summed E-state index contributed by atoms with van der Waals surface area (Å²) in [4.78, 5) is 27.2. The Balaban J connectivity index is 2.42. The van der Waals surface area contributed by atoms with Gasteiger partial charge in [0.1, 0.15) is 5.82 Å². The van der Waals surface area contributed by atoms with Crippen LogP contribution in [0, 0.1) is 0 Å². The number of hydrogen-bond acceptors (Lipinski definition) is 5. The summed E-state index contributed by atoms with van der Waals surface area (Å²) in [5.41, 5.74) is -0.120. The number of H-pyrrole nitrogens is 1. The number of carbonyl (C=O) groups excluding carboxylic acids is 2. The van der Waals surface area contributed by atoms with Crippen molar-refractivity contribution in [2.75, 3.05) is 5.75 Å². The topological polar surface area (TPSA) is 99.8 Å². The number of hydrogen-bond donors (Lipinski definition) is 3. The Hall–Kier alpha value is -1.57. The van der Waals surface area contributed by atoms with E-state index in [-0.39, 0.29) is 23.1 Å². The van der Waals surface area contributed by atoms with Gasteiger partial charge in [0.2, 0.25) is 11.1 Å². The van der Waals surface area contributed by atoms with Crippen LogP contribution in [0.3, 0.4) is 0 Å². The van der Waals surface area contributed by atoms with Gasteiger partial charge in [0.05, 0.1) is 5.75 Å². The predicted octanol–water partition coefficient (Wildman–Crippen LogP) is 1.43. The zero-order valence-corrected chi connectivity index (χ0v) is 13.2. The zero-order chi connectivity index (χ0) is 15.3. The molecule has 0 aliphatic rings. The average Bonchev–Trinajstić information content (AvgIpc) is 2.73. The van der Waals surface area contributed by atoms with E-state index < -0.39 is 6.03 Å². The van der Waals surface area contributed by atoms with Gasteiger partial charge in [-0.15, -0.1) is 5.10 Å². The summed E-state index contributed by atoms with van der Waals surface area (Å²) in [6.07, 6.45) is 0. The molecule has 0 fully saturated rings. The molecule has 0 spiro atoms. The fourth-order valence-corrected chi connectivity index (χ4v) is 1.84. The molecular formula is C12H21N5O2S. The van der Waals surface area contributed by atoms with Gasteiger partial charge >= 0.3 is 6.03 Å². The number of imide groups is 1. The molecular weight excluding hydrogens is 278 g/mol. The van der Waals surface area contributed by atoms with Gasteiger partial charge in [0, 0.05) is 11.5 Å². The summed E-state index contributed by atoms with van der Waals surface area (Å²) in [6, 6.07) is -0.506. The predicted molar refractivity (Wildman–Crippen MR) is 77.6 cm³/mol. The lowest BCUT2D eigenvalue weighted by Crippen LogP contribution is -2.43. The van der Waals surface area contributed by atoms with Gasteiger partial charge in [-0.1, -0.05) is 32.5 Å². The van der Waals surface area contributed by atoms with Crippen LogP contribution in [-0.2, 0) is 10.2 Å². The first kappa shape index (κ1) is 16.5. The number of rotatable bonds is 4. The summed E-state index contributed by atoms with van der Waals surface area (Å²) in [7, 11) is 0. The molecule has 0 saturated carbocycles. The van der Waals surface area contributed by atoms with Crippen molar-refractivity contribution < 1.29 is 9.59 Å². The number of carbonyl (C=O) groups is 2. The summed E-state index contributed by atoms with van der Waals surface area (Å²) in [5, 5.41) is 12.2. The highest BCUT2D eigenvalue weighted by Gasteiger charge is 2.19. The number of nitrogens with one attached hydrogen (secondary N) is 3. The van der Waals surface area contributed by atoms with Gasteiger partial charge in [-0.05, 0) is 13.8 Å². The smallest absolute Gasteiger partial charge is 0.321 e. The lowest BCUT2D eigenvalue weighted by atomic mass is 9.96. The molecule has 0 saturated heterocycles. The van der Waals surface area contributed by atoms with E-state index in [0.29, 0.717) is 5.16 Å². The maximum Gasteiger partial charge on any atom is 0.321 e. The highest BCUT2D eigenvalue weighted by Crippen LogP contribution is 2.20. The van der Waals surface area contributed by atoms with Crippen molar-refractivity contribution in [2.45, 2.75) is 51.2 Å². The van der Waals surface area contributed by atoms with Gasteiger partial charge < -0.3 is 5.32 Å². The Kier molecular flexibility index (Phi) is 5.55. The molecule has 8 heteroatoms. The normalized spacial score (nSPS) is 11.5.